The molecule has 2 aliphatic carbocycles. The van der Waals surface area contributed by atoms with E-state index in [9.17, 15) is 13.6 Å². The minimum atomic E-state index is -1.04. The van der Waals surface area contributed by atoms with Gasteiger partial charge >= 0.3 is 5.97 Å². The van der Waals surface area contributed by atoms with Crippen LogP contribution in [-0.4, -0.2) is 11.7 Å². The van der Waals surface area contributed by atoms with Gasteiger partial charge in [0.15, 0.2) is 11.6 Å². The van der Waals surface area contributed by atoms with Crippen LogP contribution in [-0.2, 0) is 4.79 Å². The van der Waals surface area contributed by atoms with Gasteiger partial charge in [0.05, 0.1) is 5.92 Å². The molecule has 0 spiro atoms. The molecule has 0 unspecified atom stereocenters. The Hall–Kier alpha value is -1.10. The van der Waals surface area contributed by atoms with Crippen molar-refractivity contribution in [1.82, 2.24) is 0 Å². The molecule has 0 radical (unpaired) electrons. The van der Waals surface area contributed by atoms with Crippen LogP contribution >= 0.6 is 11.8 Å². The van der Waals surface area contributed by atoms with Crippen LogP contribution in [0, 0.1) is 35.3 Å². The highest BCUT2D eigenvalue weighted by molar-refractivity contribution is 7.99. The third-order valence-corrected chi connectivity index (χ3v) is 8.24. The average molecular weight is 439 g/mol. The Morgan fingerprint density at radius 2 is 1.67 bits per heavy atom. The van der Waals surface area contributed by atoms with Crippen molar-refractivity contribution in [2.75, 3.05) is 5.75 Å². The van der Waals surface area contributed by atoms with Gasteiger partial charge in [-0.3, -0.25) is 4.79 Å². The topological polar surface area (TPSA) is 26.3 Å². The van der Waals surface area contributed by atoms with Gasteiger partial charge in [-0.15, -0.1) is 11.8 Å². The third-order valence-electron chi connectivity index (χ3n) is 6.98. The molecule has 0 heterocycles. The van der Waals surface area contributed by atoms with E-state index >= 15 is 0 Å². The number of hydrogen-bond donors (Lipinski definition) is 0. The number of ether oxygens (including phenoxy) is 1. The molecule has 2 nitrogen and oxygen atoms in total. The van der Waals surface area contributed by atoms with Crippen molar-refractivity contribution in [2.24, 2.45) is 23.7 Å². The van der Waals surface area contributed by atoms with Gasteiger partial charge in [-0.1, -0.05) is 46.0 Å². The Bertz CT molecular complexity index is 693. The number of unbranched alkanes of at least 4 members (excludes halogenated alkanes) is 1. The lowest BCUT2D eigenvalue weighted by atomic mass is 9.80. The average Bonchev–Trinajstić information content (AvgIpc) is 2.76. The van der Waals surface area contributed by atoms with Crippen LogP contribution in [0.1, 0.15) is 84.5 Å². The molecule has 30 heavy (non-hydrogen) atoms. The Morgan fingerprint density at radius 3 is 2.33 bits per heavy atom. The number of rotatable bonds is 8. The summed E-state index contributed by atoms with van der Waals surface area (Å²) in [7, 11) is 0. The van der Waals surface area contributed by atoms with Gasteiger partial charge in [-0.25, -0.2) is 4.39 Å². The second kappa shape index (κ2) is 11.5. The zero-order valence-electron chi connectivity index (χ0n) is 18.4. The predicted molar refractivity (Wildman–Crippen MR) is 119 cm³/mol. The van der Waals surface area contributed by atoms with E-state index in [-0.39, 0.29) is 11.7 Å². The molecule has 0 bridgehead atoms. The molecule has 2 fully saturated rings. The van der Waals surface area contributed by atoms with Crippen LogP contribution in [0.5, 0.6) is 5.75 Å². The van der Waals surface area contributed by atoms with E-state index in [4.69, 9.17) is 4.74 Å². The van der Waals surface area contributed by atoms with Gasteiger partial charge < -0.3 is 4.74 Å². The van der Waals surface area contributed by atoms with Crippen molar-refractivity contribution in [3.63, 3.8) is 0 Å². The summed E-state index contributed by atoms with van der Waals surface area (Å²) < 4.78 is 34.3. The largest absolute Gasteiger partial charge is 0.423 e. The fourth-order valence-corrected chi connectivity index (χ4v) is 5.91. The Morgan fingerprint density at radius 1 is 1.00 bits per heavy atom. The second-order valence-corrected chi connectivity index (χ2v) is 10.5. The zero-order valence-corrected chi connectivity index (χ0v) is 19.2. The van der Waals surface area contributed by atoms with E-state index in [2.05, 4.69) is 13.8 Å². The van der Waals surface area contributed by atoms with Gasteiger partial charge in [-0.2, -0.15) is 4.39 Å². The smallest absolute Gasteiger partial charge is 0.314 e. The Kier molecular flexibility index (Phi) is 9.03. The SMILES string of the molecule is CCCCC1CCC(CSc2ccc(OC(=O)C3CCC(C)CC3)c(F)c2F)CC1. The summed E-state index contributed by atoms with van der Waals surface area (Å²) in [6, 6.07) is 2.97. The molecule has 3 rings (SSSR count). The molecule has 1 aromatic rings. The quantitative estimate of drug-likeness (QED) is 0.235. The van der Waals surface area contributed by atoms with Crippen LogP contribution < -0.4 is 4.74 Å². The van der Waals surface area contributed by atoms with E-state index in [1.165, 1.54) is 62.8 Å². The van der Waals surface area contributed by atoms with Gasteiger partial charge in [-0.05, 0) is 68.4 Å². The van der Waals surface area contributed by atoms with Gasteiger partial charge in [0.25, 0.3) is 0 Å². The van der Waals surface area contributed by atoms with Crippen molar-refractivity contribution in [3.8, 4) is 5.75 Å². The molecule has 0 atom stereocenters. The van der Waals surface area contributed by atoms with Crippen molar-refractivity contribution in [2.45, 2.75) is 89.4 Å². The third kappa shape index (κ3) is 6.45. The summed E-state index contributed by atoms with van der Waals surface area (Å²) in [5, 5.41) is 0. The minimum absolute atomic E-state index is 0.204. The highest BCUT2D eigenvalue weighted by Gasteiger charge is 2.28. The van der Waals surface area contributed by atoms with Crippen LogP contribution in [0.3, 0.4) is 0 Å². The van der Waals surface area contributed by atoms with Crippen LogP contribution in [0.25, 0.3) is 0 Å². The number of esters is 1. The molecule has 168 valence electrons. The molecule has 5 heteroatoms. The van der Waals surface area contributed by atoms with Gasteiger partial charge in [0.1, 0.15) is 0 Å². The zero-order chi connectivity index (χ0) is 21.5. The first-order valence-corrected chi connectivity index (χ1v) is 12.8. The minimum Gasteiger partial charge on any atom is -0.423 e. The molecule has 0 aromatic heterocycles. The summed E-state index contributed by atoms with van der Waals surface area (Å²) in [6.07, 6.45) is 12.3. The lowest BCUT2D eigenvalue weighted by Gasteiger charge is -2.28. The lowest BCUT2D eigenvalue weighted by molar-refractivity contribution is -0.140. The summed E-state index contributed by atoms with van der Waals surface area (Å²) in [6.45, 7) is 4.41. The molecule has 0 amide bonds. The molecule has 0 saturated heterocycles. The van der Waals surface area contributed by atoms with Gasteiger partial charge in [0.2, 0.25) is 5.82 Å². The molecule has 2 aliphatic rings. The molecule has 1 aromatic carbocycles. The number of benzene rings is 1. The summed E-state index contributed by atoms with van der Waals surface area (Å²) in [5.74, 6) is 0.00711. The number of hydrogen-bond acceptors (Lipinski definition) is 3. The van der Waals surface area contributed by atoms with E-state index < -0.39 is 17.6 Å². The normalized spacial score (nSPS) is 27.1. The maximum absolute atomic E-state index is 14.6. The van der Waals surface area contributed by atoms with Crippen LogP contribution in [0.2, 0.25) is 0 Å². The standard InChI is InChI=1S/C25H36F2O2S/c1-3-4-5-18-8-10-19(11-9-18)16-30-22-15-14-21(23(26)24(22)27)29-25(28)20-12-6-17(2)7-13-20/h14-15,17-20H,3-13,16H2,1-2H3. The van der Waals surface area contributed by atoms with Crippen molar-refractivity contribution in [3.05, 3.63) is 23.8 Å². The maximum Gasteiger partial charge on any atom is 0.314 e. The molecule has 0 N–H and O–H groups in total. The van der Waals surface area contributed by atoms with Crippen LogP contribution in [0.4, 0.5) is 8.78 Å². The molecule has 2 saturated carbocycles. The van der Waals surface area contributed by atoms with Crippen molar-refractivity contribution in [1.29, 1.82) is 0 Å². The Balaban J connectivity index is 1.49. The second-order valence-electron chi connectivity index (χ2n) is 9.41. The summed E-state index contributed by atoms with van der Waals surface area (Å²) >= 11 is 1.39. The number of halogens is 2. The van der Waals surface area contributed by atoms with E-state index in [0.717, 1.165) is 37.4 Å². The molecular formula is C25H36F2O2S. The Labute approximate surface area is 184 Å². The first-order valence-electron chi connectivity index (χ1n) is 11.8. The van der Waals surface area contributed by atoms with Crippen molar-refractivity contribution >= 4 is 17.7 Å². The number of carbonyl (C=O) groups is 1. The monoisotopic (exact) mass is 438 g/mol. The number of carbonyl (C=O) groups excluding carboxylic acids is 1. The molecule has 0 aliphatic heterocycles. The van der Waals surface area contributed by atoms with Crippen LogP contribution in [0.15, 0.2) is 17.0 Å². The first-order chi connectivity index (χ1) is 14.5. The number of thioether (sulfide) groups is 1. The summed E-state index contributed by atoms with van der Waals surface area (Å²) in [4.78, 5) is 12.6. The predicted octanol–water partition coefficient (Wildman–Crippen LogP) is 7.79. The fourth-order valence-electron chi connectivity index (χ4n) is 4.78. The van der Waals surface area contributed by atoms with Gasteiger partial charge in [0, 0.05) is 10.6 Å². The van der Waals surface area contributed by atoms with E-state index in [1.54, 1.807) is 6.07 Å². The fraction of sp³-hybridized carbons (Fsp3) is 0.720. The summed E-state index contributed by atoms with van der Waals surface area (Å²) in [5.41, 5.74) is 0. The van der Waals surface area contributed by atoms with E-state index in [1.807, 2.05) is 0 Å². The highest BCUT2D eigenvalue weighted by atomic mass is 32.2. The van der Waals surface area contributed by atoms with E-state index in [0.29, 0.717) is 16.7 Å². The van der Waals surface area contributed by atoms with Crippen molar-refractivity contribution < 1.29 is 18.3 Å². The lowest BCUT2D eigenvalue weighted by Crippen LogP contribution is -2.25. The highest BCUT2D eigenvalue weighted by Crippen LogP contribution is 2.37. The maximum atomic E-state index is 14.6. The first kappa shape index (κ1) is 23.6. The molecular weight excluding hydrogens is 402 g/mol.